The van der Waals surface area contributed by atoms with E-state index in [9.17, 15) is 0 Å². The lowest BCUT2D eigenvalue weighted by Gasteiger charge is -2.09. The molecule has 0 aliphatic rings. The van der Waals surface area contributed by atoms with E-state index in [4.69, 9.17) is 4.74 Å². The maximum Gasteiger partial charge on any atom is 0.0925 e. The van der Waals surface area contributed by atoms with Gasteiger partial charge in [-0.25, -0.2) is 4.98 Å². The van der Waals surface area contributed by atoms with Crippen LogP contribution in [0.4, 0.5) is 0 Å². The Morgan fingerprint density at radius 1 is 1.15 bits per heavy atom. The molecule has 112 valence electrons. The van der Waals surface area contributed by atoms with Crippen molar-refractivity contribution in [2.24, 2.45) is 0 Å². The topological polar surface area (TPSA) is 37.9 Å². The van der Waals surface area contributed by atoms with Crippen molar-refractivity contribution in [2.45, 2.75) is 33.6 Å². The van der Waals surface area contributed by atoms with Gasteiger partial charge in [-0.3, -0.25) is 0 Å². The van der Waals surface area contributed by atoms with Crippen LogP contribution in [0.3, 0.4) is 0 Å². The smallest absolute Gasteiger partial charge is 0.0925 e. The third-order valence-electron chi connectivity index (χ3n) is 2.99. The Morgan fingerprint density at radius 2 is 1.75 bits per heavy atom. The Bertz CT molecular complexity index is 455. The van der Waals surface area contributed by atoms with E-state index in [1.54, 1.807) is 6.33 Å². The van der Waals surface area contributed by atoms with E-state index < -0.39 is 0 Å². The fourth-order valence-corrected chi connectivity index (χ4v) is 1.91. The summed E-state index contributed by atoms with van der Waals surface area (Å²) in [4.78, 5) is 7.44. The highest BCUT2D eigenvalue weighted by Crippen LogP contribution is 2.23. The third-order valence-corrected chi connectivity index (χ3v) is 2.99. The molecule has 0 saturated heterocycles. The minimum absolute atomic E-state index is 0. The molecule has 2 aromatic rings. The van der Waals surface area contributed by atoms with E-state index in [2.05, 4.69) is 48.1 Å². The largest absolute Gasteiger partial charge is 0.382 e. The summed E-state index contributed by atoms with van der Waals surface area (Å²) in [5.41, 5.74) is 3.60. The highest BCUT2D eigenvalue weighted by Gasteiger charge is 2.12. The first-order valence-corrected chi connectivity index (χ1v) is 6.83. The van der Waals surface area contributed by atoms with Crippen LogP contribution >= 0.6 is 12.4 Å². The minimum atomic E-state index is 0. The predicted octanol–water partition coefficient (Wildman–Crippen LogP) is 4.33. The number of H-pyrrole nitrogens is 1. The van der Waals surface area contributed by atoms with Gasteiger partial charge in [0.25, 0.3) is 0 Å². The summed E-state index contributed by atoms with van der Waals surface area (Å²) in [6.07, 6.45) is 1.75. The van der Waals surface area contributed by atoms with Gasteiger partial charge in [0.15, 0.2) is 0 Å². The molecule has 3 nitrogen and oxygen atoms in total. The maximum atomic E-state index is 4.83. The van der Waals surface area contributed by atoms with Gasteiger partial charge in [0.2, 0.25) is 0 Å². The van der Waals surface area contributed by atoms with Crippen molar-refractivity contribution < 1.29 is 4.74 Å². The molecule has 2 rings (SSSR count). The Labute approximate surface area is 128 Å². The molecule has 0 bridgehead atoms. The standard InChI is InChI=1S/C12H14N2.C4H10O.ClH/c1-9(11-6-4-3-5-7-11)12-10(2)13-8-14-12;1-3-5-4-2;/h3-9H,1-2H3,(H,13,14);3-4H2,1-2H3;1H. The number of ether oxygens (including phenoxy) is 1. The quantitative estimate of drug-likeness (QED) is 0.911. The normalized spacial score (nSPS) is 11.0. The van der Waals surface area contributed by atoms with Crippen LogP contribution < -0.4 is 0 Å². The van der Waals surface area contributed by atoms with Gasteiger partial charge in [0.05, 0.1) is 12.0 Å². The number of imidazole rings is 1. The molecule has 1 unspecified atom stereocenters. The van der Waals surface area contributed by atoms with Crippen LogP contribution in [0.5, 0.6) is 0 Å². The van der Waals surface area contributed by atoms with E-state index in [1.165, 1.54) is 5.56 Å². The molecule has 0 aliphatic heterocycles. The average molecular weight is 297 g/mol. The molecule has 0 saturated carbocycles. The van der Waals surface area contributed by atoms with Crippen molar-refractivity contribution in [3.63, 3.8) is 0 Å². The van der Waals surface area contributed by atoms with Crippen LogP contribution in [0.25, 0.3) is 0 Å². The summed E-state index contributed by atoms with van der Waals surface area (Å²) in [6, 6.07) is 10.4. The van der Waals surface area contributed by atoms with Crippen LogP contribution in [0, 0.1) is 6.92 Å². The lowest BCUT2D eigenvalue weighted by atomic mass is 9.97. The highest BCUT2D eigenvalue weighted by atomic mass is 35.5. The summed E-state index contributed by atoms with van der Waals surface area (Å²) in [7, 11) is 0. The molecule has 4 heteroatoms. The maximum absolute atomic E-state index is 4.83. The number of nitrogens with one attached hydrogen (secondary N) is 1. The van der Waals surface area contributed by atoms with Crippen LogP contribution in [0.15, 0.2) is 36.7 Å². The molecule has 1 heterocycles. The second-order valence-corrected chi connectivity index (χ2v) is 4.33. The van der Waals surface area contributed by atoms with Crippen molar-refractivity contribution in [1.82, 2.24) is 9.97 Å². The zero-order valence-corrected chi connectivity index (χ0v) is 13.5. The van der Waals surface area contributed by atoms with E-state index in [0.29, 0.717) is 5.92 Å². The van der Waals surface area contributed by atoms with Gasteiger partial charge >= 0.3 is 0 Å². The number of halogens is 1. The van der Waals surface area contributed by atoms with Crippen molar-refractivity contribution >= 4 is 12.4 Å². The summed E-state index contributed by atoms with van der Waals surface area (Å²) in [6.45, 7) is 9.90. The van der Waals surface area contributed by atoms with E-state index in [0.717, 1.165) is 24.6 Å². The Hall–Kier alpha value is -1.32. The van der Waals surface area contributed by atoms with Gasteiger partial charge < -0.3 is 9.72 Å². The minimum Gasteiger partial charge on any atom is -0.382 e. The highest BCUT2D eigenvalue weighted by molar-refractivity contribution is 5.85. The molecule has 0 aliphatic carbocycles. The van der Waals surface area contributed by atoms with Crippen LogP contribution in [0.1, 0.15) is 43.6 Å². The summed E-state index contributed by atoms with van der Waals surface area (Å²) in [5.74, 6) is 0.363. The average Bonchev–Trinajstić information content (AvgIpc) is 2.87. The van der Waals surface area contributed by atoms with Gasteiger partial charge in [-0.15, -0.1) is 12.4 Å². The Kier molecular flexibility index (Phi) is 9.77. The van der Waals surface area contributed by atoms with E-state index in [-0.39, 0.29) is 12.4 Å². The number of aromatic nitrogens is 2. The van der Waals surface area contributed by atoms with Gasteiger partial charge in [-0.1, -0.05) is 37.3 Å². The second-order valence-electron chi connectivity index (χ2n) is 4.33. The fraction of sp³-hybridized carbons (Fsp3) is 0.438. The summed E-state index contributed by atoms with van der Waals surface area (Å²) in [5, 5.41) is 0. The lowest BCUT2D eigenvalue weighted by molar-refractivity contribution is 0.162. The van der Waals surface area contributed by atoms with Crippen LogP contribution in [-0.4, -0.2) is 23.2 Å². The SMILES string of the molecule is CCOCC.Cc1[nH]cnc1C(C)c1ccccc1.Cl. The Balaban J connectivity index is 0.000000526. The van der Waals surface area contributed by atoms with Gasteiger partial charge in [0.1, 0.15) is 0 Å². The number of aryl methyl sites for hydroxylation is 1. The molecule has 0 spiro atoms. The molecule has 1 N–H and O–H groups in total. The Morgan fingerprint density at radius 3 is 2.15 bits per heavy atom. The number of aromatic amines is 1. The molecular formula is C16H25ClN2O. The first-order chi connectivity index (χ1) is 9.20. The molecule has 1 atom stereocenters. The van der Waals surface area contributed by atoms with Crippen LogP contribution in [-0.2, 0) is 4.74 Å². The number of benzene rings is 1. The van der Waals surface area contributed by atoms with Crippen molar-refractivity contribution in [3.05, 3.63) is 53.6 Å². The first kappa shape index (κ1) is 18.7. The fourth-order valence-electron chi connectivity index (χ4n) is 1.91. The second kappa shape index (κ2) is 10.5. The first-order valence-electron chi connectivity index (χ1n) is 6.83. The molecular weight excluding hydrogens is 272 g/mol. The molecule has 1 aromatic carbocycles. The van der Waals surface area contributed by atoms with Gasteiger partial charge in [-0.05, 0) is 26.3 Å². The van der Waals surface area contributed by atoms with Crippen molar-refractivity contribution in [3.8, 4) is 0 Å². The molecule has 0 amide bonds. The third kappa shape index (κ3) is 5.76. The number of hydrogen-bond donors (Lipinski definition) is 1. The number of nitrogens with zero attached hydrogens (tertiary/aromatic N) is 1. The summed E-state index contributed by atoms with van der Waals surface area (Å²) >= 11 is 0. The monoisotopic (exact) mass is 296 g/mol. The lowest BCUT2D eigenvalue weighted by Crippen LogP contribution is -1.98. The number of rotatable bonds is 4. The van der Waals surface area contributed by atoms with Crippen molar-refractivity contribution in [2.75, 3.05) is 13.2 Å². The molecule has 0 radical (unpaired) electrons. The van der Waals surface area contributed by atoms with Gasteiger partial charge in [-0.2, -0.15) is 0 Å². The molecule has 20 heavy (non-hydrogen) atoms. The number of hydrogen-bond acceptors (Lipinski definition) is 2. The molecule has 1 aromatic heterocycles. The zero-order valence-electron chi connectivity index (χ0n) is 12.7. The van der Waals surface area contributed by atoms with Crippen molar-refractivity contribution in [1.29, 1.82) is 0 Å². The zero-order chi connectivity index (χ0) is 14.1. The molecule has 0 fully saturated rings. The van der Waals surface area contributed by atoms with E-state index >= 15 is 0 Å². The summed E-state index contributed by atoms with van der Waals surface area (Å²) < 4.78 is 4.83. The van der Waals surface area contributed by atoms with Gasteiger partial charge in [0, 0.05) is 24.8 Å². The van der Waals surface area contributed by atoms with E-state index in [1.807, 2.05) is 19.9 Å². The van der Waals surface area contributed by atoms with Crippen LogP contribution in [0.2, 0.25) is 0 Å². The predicted molar refractivity (Wildman–Crippen MR) is 86.7 cm³/mol.